The van der Waals surface area contributed by atoms with Crippen molar-refractivity contribution in [1.29, 1.82) is 0 Å². The van der Waals surface area contributed by atoms with Gasteiger partial charge in [-0.1, -0.05) is 0 Å². The Balaban J connectivity index is 2.42. The van der Waals surface area contributed by atoms with Gasteiger partial charge in [0.2, 0.25) is 0 Å². The number of hydrogen-bond acceptors (Lipinski definition) is 4. The van der Waals surface area contributed by atoms with Crippen LogP contribution in [0, 0.1) is 0 Å². The smallest absolute Gasteiger partial charge is 0.111 e. The quantitative estimate of drug-likeness (QED) is 0.648. The molecule has 0 spiro atoms. The molecular formula is C12H23N3O2. The van der Waals surface area contributed by atoms with Crippen molar-refractivity contribution < 1.29 is 9.84 Å². The summed E-state index contributed by atoms with van der Waals surface area (Å²) in [5, 5.41) is 13.4. The summed E-state index contributed by atoms with van der Waals surface area (Å²) in [5.74, 6) is 0.922. The SMILES string of the molecule is CCn1ccnc1CC(C)(O)CNCCOC. The van der Waals surface area contributed by atoms with E-state index in [0.29, 0.717) is 19.6 Å². The fraction of sp³-hybridized carbons (Fsp3) is 0.750. The zero-order valence-electron chi connectivity index (χ0n) is 10.9. The molecule has 1 aromatic rings. The van der Waals surface area contributed by atoms with E-state index in [0.717, 1.165) is 18.9 Å². The molecule has 1 rings (SSSR count). The van der Waals surface area contributed by atoms with E-state index in [4.69, 9.17) is 4.74 Å². The molecule has 5 nitrogen and oxygen atoms in total. The molecule has 0 aromatic carbocycles. The number of rotatable bonds is 8. The molecule has 1 atom stereocenters. The van der Waals surface area contributed by atoms with Crippen LogP contribution in [0.1, 0.15) is 19.7 Å². The molecule has 98 valence electrons. The van der Waals surface area contributed by atoms with E-state index in [1.165, 1.54) is 0 Å². The molecule has 0 aliphatic carbocycles. The predicted molar refractivity (Wildman–Crippen MR) is 67.0 cm³/mol. The first-order valence-electron chi connectivity index (χ1n) is 6.01. The summed E-state index contributed by atoms with van der Waals surface area (Å²) >= 11 is 0. The van der Waals surface area contributed by atoms with E-state index in [-0.39, 0.29) is 0 Å². The summed E-state index contributed by atoms with van der Waals surface area (Å²) in [5.41, 5.74) is -0.786. The van der Waals surface area contributed by atoms with Crippen LogP contribution < -0.4 is 5.32 Å². The van der Waals surface area contributed by atoms with Gasteiger partial charge in [-0.05, 0) is 13.8 Å². The molecule has 0 fully saturated rings. The van der Waals surface area contributed by atoms with Crippen molar-refractivity contribution in [3.05, 3.63) is 18.2 Å². The highest BCUT2D eigenvalue weighted by Gasteiger charge is 2.22. The summed E-state index contributed by atoms with van der Waals surface area (Å²) in [6, 6.07) is 0. The zero-order valence-corrected chi connectivity index (χ0v) is 10.9. The van der Waals surface area contributed by atoms with Crippen molar-refractivity contribution in [2.24, 2.45) is 0 Å². The van der Waals surface area contributed by atoms with Crippen LogP contribution in [-0.4, -0.2) is 47.1 Å². The zero-order chi connectivity index (χ0) is 12.7. The van der Waals surface area contributed by atoms with Gasteiger partial charge in [-0.2, -0.15) is 0 Å². The molecule has 1 heterocycles. The van der Waals surface area contributed by atoms with Crippen LogP contribution in [-0.2, 0) is 17.7 Å². The van der Waals surface area contributed by atoms with Crippen molar-refractivity contribution in [2.45, 2.75) is 32.4 Å². The van der Waals surface area contributed by atoms with Crippen molar-refractivity contribution in [3.63, 3.8) is 0 Å². The Hall–Kier alpha value is -0.910. The third kappa shape index (κ3) is 4.85. The van der Waals surface area contributed by atoms with Gasteiger partial charge in [-0.15, -0.1) is 0 Å². The van der Waals surface area contributed by atoms with Crippen LogP contribution in [0.5, 0.6) is 0 Å². The molecule has 0 amide bonds. The average Bonchev–Trinajstić information content (AvgIpc) is 2.71. The Morgan fingerprint density at radius 1 is 1.59 bits per heavy atom. The maximum absolute atomic E-state index is 10.2. The number of aromatic nitrogens is 2. The molecule has 5 heteroatoms. The molecule has 0 saturated heterocycles. The minimum Gasteiger partial charge on any atom is -0.388 e. The largest absolute Gasteiger partial charge is 0.388 e. The van der Waals surface area contributed by atoms with Crippen molar-refractivity contribution >= 4 is 0 Å². The van der Waals surface area contributed by atoms with E-state index in [9.17, 15) is 5.11 Å². The second-order valence-corrected chi connectivity index (χ2v) is 4.47. The Morgan fingerprint density at radius 3 is 3.00 bits per heavy atom. The molecule has 2 N–H and O–H groups in total. The fourth-order valence-corrected chi connectivity index (χ4v) is 1.73. The number of aryl methyl sites for hydroxylation is 1. The van der Waals surface area contributed by atoms with Crippen LogP contribution in [0.25, 0.3) is 0 Å². The lowest BCUT2D eigenvalue weighted by molar-refractivity contribution is 0.0553. The fourth-order valence-electron chi connectivity index (χ4n) is 1.73. The first-order chi connectivity index (χ1) is 8.09. The number of hydrogen-bond donors (Lipinski definition) is 2. The van der Waals surface area contributed by atoms with Crippen LogP contribution >= 0.6 is 0 Å². The summed E-state index contributed by atoms with van der Waals surface area (Å²) in [6.45, 7) is 6.70. The maximum Gasteiger partial charge on any atom is 0.111 e. The van der Waals surface area contributed by atoms with E-state index >= 15 is 0 Å². The van der Waals surface area contributed by atoms with Crippen LogP contribution in [0.2, 0.25) is 0 Å². The summed E-state index contributed by atoms with van der Waals surface area (Å²) < 4.78 is 6.98. The molecule has 0 aliphatic rings. The summed E-state index contributed by atoms with van der Waals surface area (Å²) in [4.78, 5) is 4.27. The monoisotopic (exact) mass is 241 g/mol. The van der Waals surface area contributed by atoms with Crippen molar-refractivity contribution in [3.8, 4) is 0 Å². The Kier molecular flexibility index (Phi) is 5.61. The standard InChI is InChI=1S/C12H23N3O2/c1-4-15-7-5-14-11(15)9-12(2,16)10-13-6-8-17-3/h5,7,13,16H,4,6,8-10H2,1-3H3. The number of imidazole rings is 1. The van der Waals surface area contributed by atoms with Gasteiger partial charge in [-0.25, -0.2) is 4.98 Å². The lowest BCUT2D eigenvalue weighted by Gasteiger charge is -2.23. The molecule has 1 unspecified atom stereocenters. The van der Waals surface area contributed by atoms with Crippen molar-refractivity contribution in [2.75, 3.05) is 26.8 Å². The number of nitrogens with zero attached hydrogens (tertiary/aromatic N) is 2. The molecule has 0 aliphatic heterocycles. The van der Waals surface area contributed by atoms with Gasteiger partial charge in [0.25, 0.3) is 0 Å². The average molecular weight is 241 g/mol. The molecule has 0 radical (unpaired) electrons. The highest BCUT2D eigenvalue weighted by molar-refractivity contribution is 4.98. The van der Waals surface area contributed by atoms with Gasteiger partial charge < -0.3 is 19.7 Å². The van der Waals surface area contributed by atoms with E-state index in [1.807, 2.05) is 17.7 Å². The van der Waals surface area contributed by atoms with Gasteiger partial charge in [0.15, 0.2) is 0 Å². The van der Waals surface area contributed by atoms with E-state index in [2.05, 4.69) is 17.2 Å². The summed E-state index contributed by atoms with van der Waals surface area (Å²) in [6.07, 6.45) is 4.25. The molecule has 17 heavy (non-hydrogen) atoms. The maximum atomic E-state index is 10.2. The van der Waals surface area contributed by atoms with Crippen LogP contribution in [0.15, 0.2) is 12.4 Å². The van der Waals surface area contributed by atoms with E-state index in [1.54, 1.807) is 13.3 Å². The number of ether oxygens (including phenoxy) is 1. The highest BCUT2D eigenvalue weighted by Crippen LogP contribution is 2.11. The number of nitrogens with one attached hydrogen (secondary N) is 1. The van der Waals surface area contributed by atoms with Crippen LogP contribution in [0.4, 0.5) is 0 Å². The molecule has 1 aromatic heterocycles. The highest BCUT2D eigenvalue weighted by atomic mass is 16.5. The number of methoxy groups -OCH3 is 1. The number of aliphatic hydroxyl groups is 1. The Labute approximate surface area is 103 Å². The second-order valence-electron chi connectivity index (χ2n) is 4.47. The predicted octanol–water partition coefficient (Wildman–Crippen LogP) is 0.432. The Morgan fingerprint density at radius 2 is 2.35 bits per heavy atom. The minimum atomic E-state index is -0.786. The second kappa shape index (κ2) is 6.74. The first kappa shape index (κ1) is 14.2. The normalized spacial score (nSPS) is 14.8. The molecule has 0 bridgehead atoms. The van der Waals surface area contributed by atoms with Gasteiger partial charge in [0.05, 0.1) is 12.2 Å². The van der Waals surface area contributed by atoms with Gasteiger partial charge >= 0.3 is 0 Å². The minimum absolute atomic E-state index is 0.535. The molecule has 0 saturated carbocycles. The van der Waals surface area contributed by atoms with Gasteiger partial charge in [-0.3, -0.25) is 0 Å². The summed E-state index contributed by atoms with van der Waals surface area (Å²) in [7, 11) is 1.66. The first-order valence-corrected chi connectivity index (χ1v) is 6.01. The van der Waals surface area contributed by atoms with Gasteiger partial charge in [0, 0.05) is 45.6 Å². The van der Waals surface area contributed by atoms with E-state index < -0.39 is 5.60 Å². The lowest BCUT2D eigenvalue weighted by Crippen LogP contribution is -2.41. The van der Waals surface area contributed by atoms with Crippen molar-refractivity contribution in [1.82, 2.24) is 14.9 Å². The topological polar surface area (TPSA) is 59.3 Å². The third-order valence-electron chi connectivity index (χ3n) is 2.67. The third-order valence-corrected chi connectivity index (χ3v) is 2.67. The van der Waals surface area contributed by atoms with Gasteiger partial charge in [0.1, 0.15) is 5.82 Å². The lowest BCUT2D eigenvalue weighted by atomic mass is 10.0. The Bertz CT molecular complexity index is 323. The molecular weight excluding hydrogens is 218 g/mol. The van der Waals surface area contributed by atoms with Crippen LogP contribution in [0.3, 0.4) is 0 Å².